The average molecular weight is 463 g/mol. The molecule has 8 heteroatoms. The van der Waals surface area contributed by atoms with Crippen LogP contribution in [0.1, 0.15) is 29.8 Å². The van der Waals surface area contributed by atoms with Crippen LogP contribution in [0.2, 0.25) is 10.0 Å². The van der Waals surface area contributed by atoms with Gasteiger partial charge in [-0.1, -0.05) is 29.3 Å². The van der Waals surface area contributed by atoms with Gasteiger partial charge in [0.05, 0.1) is 5.41 Å². The zero-order valence-corrected chi connectivity index (χ0v) is 19.0. The normalized spacial score (nSPS) is 16.3. The molecule has 164 valence electrons. The minimum Gasteiger partial charge on any atom is -0.486 e. The van der Waals surface area contributed by atoms with Crippen molar-refractivity contribution in [2.45, 2.75) is 19.3 Å². The number of carbonyl (C=O) groups excluding carboxylic acids is 2. The van der Waals surface area contributed by atoms with E-state index in [-0.39, 0.29) is 11.8 Å². The summed E-state index contributed by atoms with van der Waals surface area (Å²) in [5.74, 6) is 1.25. The second-order valence-corrected chi connectivity index (χ2v) is 9.10. The molecule has 0 bridgehead atoms. The molecule has 0 N–H and O–H groups in total. The van der Waals surface area contributed by atoms with Gasteiger partial charge in [-0.25, -0.2) is 0 Å². The highest BCUT2D eigenvalue weighted by molar-refractivity contribution is 6.35. The van der Waals surface area contributed by atoms with Crippen molar-refractivity contribution in [1.82, 2.24) is 9.80 Å². The maximum Gasteiger partial charge on any atom is 0.254 e. The Balaban J connectivity index is 1.43. The molecule has 6 nitrogen and oxygen atoms in total. The minimum absolute atomic E-state index is 0.0158. The standard InChI is InChI=1S/C23H24Cl2N2O4/c1-23(2,16-3-4-19-20(13-16)31-10-9-30-19)22(29)27-7-5-26(6-8-27)21(28)15-11-17(24)14-18(25)12-15/h3-4,11-14H,5-10H2,1-2H3. The van der Waals surface area contributed by atoms with Crippen molar-refractivity contribution >= 4 is 35.0 Å². The number of amides is 2. The van der Waals surface area contributed by atoms with Gasteiger partial charge in [0.15, 0.2) is 11.5 Å². The van der Waals surface area contributed by atoms with Crippen molar-refractivity contribution in [3.8, 4) is 11.5 Å². The number of hydrogen-bond donors (Lipinski definition) is 0. The lowest BCUT2D eigenvalue weighted by molar-refractivity contribution is -0.137. The predicted octanol–water partition coefficient (Wildman–Crippen LogP) is 4.03. The SMILES string of the molecule is CC(C)(C(=O)N1CCN(C(=O)c2cc(Cl)cc(Cl)c2)CC1)c1ccc2c(c1)OCCO2. The van der Waals surface area contributed by atoms with Gasteiger partial charge in [-0.2, -0.15) is 0 Å². The molecule has 2 aromatic rings. The third kappa shape index (κ3) is 4.46. The van der Waals surface area contributed by atoms with Crippen molar-refractivity contribution in [3.63, 3.8) is 0 Å². The van der Waals surface area contributed by atoms with Crippen LogP contribution in [0.3, 0.4) is 0 Å². The van der Waals surface area contributed by atoms with Crippen LogP contribution in [0.4, 0.5) is 0 Å². The van der Waals surface area contributed by atoms with Crippen LogP contribution >= 0.6 is 23.2 Å². The lowest BCUT2D eigenvalue weighted by Gasteiger charge is -2.39. The fourth-order valence-corrected chi connectivity index (χ4v) is 4.45. The van der Waals surface area contributed by atoms with Crippen LogP contribution in [0, 0.1) is 0 Å². The van der Waals surface area contributed by atoms with Crippen LogP contribution in [-0.2, 0) is 10.2 Å². The topological polar surface area (TPSA) is 59.1 Å². The summed E-state index contributed by atoms with van der Waals surface area (Å²) in [6, 6.07) is 10.5. The number of halogens is 2. The number of carbonyl (C=O) groups is 2. The molecule has 2 aromatic carbocycles. The van der Waals surface area contributed by atoms with Crippen LogP contribution in [-0.4, -0.2) is 61.0 Å². The number of ether oxygens (including phenoxy) is 2. The molecule has 1 saturated heterocycles. The molecule has 4 rings (SSSR count). The van der Waals surface area contributed by atoms with Crippen LogP contribution in [0.5, 0.6) is 11.5 Å². The fourth-order valence-electron chi connectivity index (χ4n) is 3.92. The first kappa shape index (κ1) is 21.8. The third-order valence-corrected chi connectivity index (χ3v) is 6.20. The van der Waals surface area contributed by atoms with Crippen LogP contribution < -0.4 is 9.47 Å². The predicted molar refractivity (Wildman–Crippen MR) is 119 cm³/mol. The summed E-state index contributed by atoms with van der Waals surface area (Å²) < 4.78 is 11.2. The lowest BCUT2D eigenvalue weighted by atomic mass is 9.82. The first-order valence-electron chi connectivity index (χ1n) is 10.2. The number of rotatable bonds is 3. The van der Waals surface area contributed by atoms with Gasteiger partial charge in [-0.15, -0.1) is 0 Å². The molecular formula is C23H24Cl2N2O4. The van der Waals surface area contributed by atoms with Gasteiger partial charge < -0.3 is 19.3 Å². The van der Waals surface area contributed by atoms with Gasteiger partial charge >= 0.3 is 0 Å². The summed E-state index contributed by atoms with van der Waals surface area (Å²) in [6.07, 6.45) is 0. The van der Waals surface area contributed by atoms with Gasteiger partial charge in [0.1, 0.15) is 13.2 Å². The van der Waals surface area contributed by atoms with Crippen molar-refractivity contribution in [3.05, 3.63) is 57.6 Å². The molecule has 2 amide bonds. The average Bonchev–Trinajstić information content (AvgIpc) is 2.77. The van der Waals surface area contributed by atoms with Gasteiger partial charge in [0.25, 0.3) is 5.91 Å². The molecule has 0 atom stereocenters. The molecule has 2 aliphatic heterocycles. The zero-order chi connectivity index (χ0) is 22.2. The van der Waals surface area contributed by atoms with Crippen molar-refractivity contribution in [1.29, 1.82) is 0 Å². The number of piperazine rings is 1. The summed E-state index contributed by atoms with van der Waals surface area (Å²) in [5.41, 5.74) is 0.588. The van der Waals surface area contributed by atoms with Crippen LogP contribution in [0.25, 0.3) is 0 Å². The molecule has 2 aliphatic rings. The van der Waals surface area contributed by atoms with Crippen molar-refractivity contribution in [2.75, 3.05) is 39.4 Å². The van der Waals surface area contributed by atoms with Crippen molar-refractivity contribution in [2.24, 2.45) is 0 Å². The molecule has 0 spiro atoms. The summed E-state index contributed by atoms with van der Waals surface area (Å²) in [5, 5.41) is 0.844. The smallest absolute Gasteiger partial charge is 0.254 e. The van der Waals surface area contributed by atoms with E-state index in [1.807, 2.05) is 36.9 Å². The van der Waals surface area contributed by atoms with E-state index in [1.54, 1.807) is 23.1 Å². The van der Waals surface area contributed by atoms with Crippen molar-refractivity contribution < 1.29 is 19.1 Å². The molecule has 0 radical (unpaired) electrons. The Morgan fingerprint density at radius 1 is 0.839 bits per heavy atom. The Morgan fingerprint density at radius 3 is 2.06 bits per heavy atom. The van der Waals surface area contributed by atoms with E-state index in [2.05, 4.69) is 0 Å². The van der Waals surface area contributed by atoms with Gasteiger partial charge in [0, 0.05) is 41.8 Å². The fraction of sp³-hybridized carbons (Fsp3) is 0.391. The second kappa shape index (κ2) is 8.60. The first-order chi connectivity index (χ1) is 14.8. The van der Waals surface area contributed by atoms with E-state index in [4.69, 9.17) is 32.7 Å². The van der Waals surface area contributed by atoms with Crippen LogP contribution in [0.15, 0.2) is 36.4 Å². The maximum atomic E-state index is 13.3. The Labute approximate surface area is 191 Å². The highest BCUT2D eigenvalue weighted by Gasteiger charge is 2.36. The molecule has 1 fully saturated rings. The van der Waals surface area contributed by atoms with Gasteiger partial charge in [0.2, 0.25) is 5.91 Å². The number of fused-ring (bicyclic) bond motifs is 1. The van der Waals surface area contributed by atoms with E-state index < -0.39 is 5.41 Å². The molecule has 0 saturated carbocycles. The molecule has 0 aliphatic carbocycles. The van der Waals surface area contributed by atoms with E-state index >= 15 is 0 Å². The summed E-state index contributed by atoms with van der Waals surface area (Å²) in [7, 11) is 0. The number of benzene rings is 2. The maximum absolute atomic E-state index is 13.3. The Bertz CT molecular complexity index is 996. The summed E-state index contributed by atoms with van der Waals surface area (Å²) >= 11 is 12.1. The molecule has 31 heavy (non-hydrogen) atoms. The largest absolute Gasteiger partial charge is 0.486 e. The Hall–Kier alpha value is -2.44. The van der Waals surface area contributed by atoms with E-state index in [0.717, 1.165) is 5.56 Å². The van der Waals surface area contributed by atoms with Gasteiger partial charge in [-0.05, 0) is 49.7 Å². The Kier molecular flexibility index (Phi) is 6.04. The third-order valence-electron chi connectivity index (χ3n) is 5.76. The molecule has 0 unspecified atom stereocenters. The Morgan fingerprint density at radius 2 is 1.42 bits per heavy atom. The lowest BCUT2D eigenvalue weighted by Crippen LogP contribution is -2.54. The molecule has 0 aromatic heterocycles. The monoisotopic (exact) mass is 462 g/mol. The quantitative estimate of drug-likeness (QED) is 0.690. The van der Waals surface area contributed by atoms with E-state index in [9.17, 15) is 9.59 Å². The summed E-state index contributed by atoms with van der Waals surface area (Å²) in [6.45, 7) is 6.67. The van der Waals surface area contributed by atoms with E-state index in [0.29, 0.717) is 66.5 Å². The second-order valence-electron chi connectivity index (χ2n) is 8.23. The molecule has 2 heterocycles. The molecular weight excluding hydrogens is 439 g/mol. The highest BCUT2D eigenvalue weighted by Crippen LogP contribution is 2.36. The van der Waals surface area contributed by atoms with E-state index in [1.165, 1.54) is 0 Å². The minimum atomic E-state index is -0.734. The number of hydrogen-bond acceptors (Lipinski definition) is 4. The highest BCUT2D eigenvalue weighted by atomic mass is 35.5. The zero-order valence-electron chi connectivity index (χ0n) is 17.5. The number of nitrogens with zero attached hydrogens (tertiary/aromatic N) is 2. The van der Waals surface area contributed by atoms with Gasteiger partial charge in [-0.3, -0.25) is 9.59 Å². The summed E-state index contributed by atoms with van der Waals surface area (Å²) in [4.78, 5) is 29.7. The first-order valence-corrected chi connectivity index (χ1v) is 11.0.